The van der Waals surface area contributed by atoms with Crippen LogP contribution in [0.25, 0.3) is 0 Å². The van der Waals surface area contributed by atoms with E-state index in [1.807, 2.05) is 13.8 Å². The Morgan fingerprint density at radius 1 is 1.24 bits per heavy atom. The Kier molecular flexibility index (Phi) is 5.01. The van der Waals surface area contributed by atoms with E-state index in [1.54, 1.807) is 19.9 Å². The van der Waals surface area contributed by atoms with Crippen LogP contribution in [0.5, 0.6) is 0 Å². The van der Waals surface area contributed by atoms with Gasteiger partial charge in [0.2, 0.25) is 0 Å². The Labute approximate surface area is 148 Å². The lowest BCUT2D eigenvalue weighted by Gasteiger charge is -2.29. The highest BCUT2D eigenvalue weighted by Crippen LogP contribution is 2.39. The number of hydrogen-bond acceptors (Lipinski definition) is 4. The number of sulfone groups is 1. The fourth-order valence-corrected chi connectivity index (χ4v) is 4.05. The van der Waals surface area contributed by atoms with Crippen molar-refractivity contribution < 1.29 is 23.1 Å². The fraction of sp³-hybridized carbons (Fsp3) is 0.556. The minimum atomic E-state index is -3.44. The van der Waals surface area contributed by atoms with Crippen LogP contribution in [0.15, 0.2) is 17.0 Å². The molecule has 25 heavy (non-hydrogen) atoms. The molecular formula is C18H25NO5S. The van der Waals surface area contributed by atoms with Crippen molar-refractivity contribution >= 4 is 21.7 Å². The summed E-state index contributed by atoms with van der Waals surface area (Å²) in [5, 5.41) is 9.64. The summed E-state index contributed by atoms with van der Waals surface area (Å²) in [6.07, 6.45) is 1.50. The molecular weight excluding hydrogens is 342 g/mol. The highest BCUT2D eigenvalue weighted by molar-refractivity contribution is 7.90. The monoisotopic (exact) mass is 367 g/mol. The van der Waals surface area contributed by atoms with E-state index in [4.69, 9.17) is 0 Å². The van der Waals surface area contributed by atoms with Crippen LogP contribution in [-0.2, 0) is 14.6 Å². The van der Waals surface area contributed by atoms with Gasteiger partial charge in [-0.25, -0.2) is 8.42 Å². The minimum absolute atomic E-state index is 0.103. The highest BCUT2D eigenvalue weighted by Gasteiger charge is 2.48. The van der Waals surface area contributed by atoms with Crippen LogP contribution in [0, 0.1) is 25.2 Å². The average molecular weight is 367 g/mol. The van der Waals surface area contributed by atoms with Crippen molar-refractivity contribution in [3.8, 4) is 0 Å². The maximum absolute atomic E-state index is 13.0. The van der Waals surface area contributed by atoms with Crippen LogP contribution in [0.1, 0.15) is 41.8 Å². The summed E-state index contributed by atoms with van der Waals surface area (Å²) in [5.74, 6) is -1.31. The molecule has 1 unspecified atom stereocenters. The molecule has 1 amide bonds. The number of aliphatic carboxylic acids is 1. The first-order valence-electron chi connectivity index (χ1n) is 8.24. The van der Waals surface area contributed by atoms with E-state index < -0.39 is 21.2 Å². The molecule has 2 rings (SSSR count). The first kappa shape index (κ1) is 19.4. The zero-order valence-corrected chi connectivity index (χ0v) is 16.1. The number of carboxylic acids is 1. The SMILES string of the molecule is Cc1cc(S(C)(=O)=O)cc(C(=O)N2CCC(C(=O)O)(C(C)C)C2)c1C. The molecule has 1 aliphatic heterocycles. The maximum atomic E-state index is 13.0. The molecule has 6 nitrogen and oxygen atoms in total. The molecule has 0 radical (unpaired) electrons. The fourth-order valence-electron chi connectivity index (χ4n) is 3.33. The van der Waals surface area contributed by atoms with E-state index in [0.717, 1.165) is 17.4 Å². The molecule has 1 atom stereocenters. The summed E-state index contributed by atoms with van der Waals surface area (Å²) in [4.78, 5) is 26.4. The van der Waals surface area contributed by atoms with Crippen LogP contribution in [0.3, 0.4) is 0 Å². The predicted octanol–water partition coefficient (Wildman–Crippen LogP) is 2.28. The number of likely N-dealkylation sites (tertiary alicyclic amines) is 1. The lowest BCUT2D eigenvalue weighted by Crippen LogP contribution is -2.40. The standard InChI is InChI=1S/C18H25NO5S/c1-11(2)18(17(21)22)6-7-19(10-18)16(20)15-9-14(25(5,23)24)8-12(3)13(15)4/h8-9,11H,6-7,10H2,1-5H3,(H,21,22). The van der Waals surface area contributed by atoms with Gasteiger partial charge in [-0.15, -0.1) is 0 Å². The quantitative estimate of drug-likeness (QED) is 0.881. The molecule has 0 aliphatic carbocycles. The molecule has 1 aromatic carbocycles. The second-order valence-electron chi connectivity index (χ2n) is 7.28. The van der Waals surface area contributed by atoms with Crippen LogP contribution < -0.4 is 0 Å². The van der Waals surface area contributed by atoms with Gasteiger partial charge >= 0.3 is 5.97 Å². The summed E-state index contributed by atoms with van der Waals surface area (Å²) < 4.78 is 23.7. The van der Waals surface area contributed by atoms with E-state index in [2.05, 4.69) is 0 Å². The third-order valence-corrected chi connectivity index (χ3v) is 6.51. The van der Waals surface area contributed by atoms with Gasteiger partial charge in [-0.05, 0) is 49.4 Å². The molecule has 0 saturated carbocycles. The molecule has 7 heteroatoms. The number of carbonyl (C=O) groups is 2. The third-order valence-electron chi connectivity index (χ3n) is 5.42. The van der Waals surface area contributed by atoms with Crippen LogP contribution in [0.4, 0.5) is 0 Å². The molecule has 1 aliphatic rings. The van der Waals surface area contributed by atoms with Crippen molar-refractivity contribution in [1.82, 2.24) is 4.90 Å². The first-order valence-corrected chi connectivity index (χ1v) is 10.1. The Morgan fingerprint density at radius 2 is 1.84 bits per heavy atom. The van der Waals surface area contributed by atoms with Gasteiger partial charge in [-0.3, -0.25) is 9.59 Å². The van der Waals surface area contributed by atoms with E-state index in [-0.39, 0.29) is 23.3 Å². The van der Waals surface area contributed by atoms with Crippen LogP contribution in [0.2, 0.25) is 0 Å². The molecule has 0 bridgehead atoms. The molecule has 0 aromatic heterocycles. The normalized spacial score (nSPS) is 21.0. The topological polar surface area (TPSA) is 91.8 Å². The number of benzene rings is 1. The number of nitrogens with zero attached hydrogens (tertiary/aromatic N) is 1. The summed E-state index contributed by atoms with van der Waals surface area (Å²) in [5.41, 5.74) is 0.812. The van der Waals surface area contributed by atoms with Gasteiger partial charge < -0.3 is 10.0 Å². The summed E-state index contributed by atoms with van der Waals surface area (Å²) >= 11 is 0. The van der Waals surface area contributed by atoms with E-state index in [9.17, 15) is 23.1 Å². The number of rotatable bonds is 4. The second-order valence-corrected chi connectivity index (χ2v) is 9.29. The Hall–Kier alpha value is -1.89. The van der Waals surface area contributed by atoms with Crippen LogP contribution >= 0.6 is 0 Å². The molecule has 1 heterocycles. The third kappa shape index (κ3) is 3.42. The van der Waals surface area contributed by atoms with E-state index in [0.29, 0.717) is 18.5 Å². The highest BCUT2D eigenvalue weighted by atomic mass is 32.2. The number of aryl methyl sites for hydroxylation is 1. The van der Waals surface area contributed by atoms with Gasteiger partial charge in [0.15, 0.2) is 9.84 Å². The average Bonchev–Trinajstić information content (AvgIpc) is 2.94. The van der Waals surface area contributed by atoms with Gasteiger partial charge in [-0.1, -0.05) is 13.8 Å². The van der Waals surface area contributed by atoms with E-state index in [1.165, 1.54) is 11.0 Å². The summed E-state index contributed by atoms with van der Waals surface area (Å²) in [6, 6.07) is 2.96. The molecule has 1 aromatic rings. The molecule has 0 spiro atoms. The van der Waals surface area contributed by atoms with Gasteiger partial charge in [0.1, 0.15) is 0 Å². The van der Waals surface area contributed by atoms with Crippen molar-refractivity contribution in [3.63, 3.8) is 0 Å². The predicted molar refractivity (Wildman–Crippen MR) is 94.5 cm³/mol. The van der Waals surface area contributed by atoms with Crippen molar-refractivity contribution in [2.75, 3.05) is 19.3 Å². The summed E-state index contributed by atoms with van der Waals surface area (Å²) in [6.45, 7) is 7.73. The van der Waals surface area contributed by atoms with Crippen molar-refractivity contribution in [2.24, 2.45) is 11.3 Å². The smallest absolute Gasteiger partial charge is 0.311 e. The van der Waals surface area contributed by atoms with Gasteiger partial charge in [0.25, 0.3) is 5.91 Å². The first-order chi connectivity index (χ1) is 11.4. The molecule has 1 saturated heterocycles. The zero-order chi connectivity index (χ0) is 19.2. The minimum Gasteiger partial charge on any atom is -0.481 e. The Bertz CT molecular complexity index is 828. The van der Waals surface area contributed by atoms with E-state index >= 15 is 0 Å². The molecule has 1 N–H and O–H groups in total. The van der Waals surface area contributed by atoms with Gasteiger partial charge in [0, 0.05) is 24.9 Å². The lowest BCUT2D eigenvalue weighted by molar-refractivity contribution is -0.150. The largest absolute Gasteiger partial charge is 0.481 e. The number of amides is 1. The van der Waals surface area contributed by atoms with Crippen molar-refractivity contribution in [3.05, 3.63) is 28.8 Å². The van der Waals surface area contributed by atoms with Gasteiger partial charge in [-0.2, -0.15) is 0 Å². The van der Waals surface area contributed by atoms with Crippen LogP contribution in [-0.4, -0.2) is 49.6 Å². The van der Waals surface area contributed by atoms with Crippen molar-refractivity contribution in [1.29, 1.82) is 0 Å². The Morgan fingerprint density at radius 3 is 2.28 bits per heavy atom. The Balaban J connectivity index is 2.43. The molecule has 1 fully saturated rings. The number of hydrogen-bond donors (Lipinski definition) is 1. The van der Waals surface area contributed by atoms with Crippen molar-refractivity contribution in [2.45, 2.75) is 39.0 Å². The maximum Gasteiger partial charge on any atom is 0.311 e. The zero-order valence-electron chi connectivity index (χ0n) is 15.3. The second kappa shape index (κ2) is 6.44. The number of carboxylic acid groups (broad SMARTS) is 1. The lowest BCUT2D eigenvalue weighted by atomic mass is 9.76. The molecule has 138 valence electrons. The van der Waals surface area contributed by atoms with Gasteiger partial charge in [0.05, 0.1) is 10.3 Å². The summed E-state index contributed by atoms with van der Waals surface area (Å²) in [7, 11) is -3.44. The number of carbonyl (C=O) groups excluding carboxylic acids is 1.